The maximum atomic E-state index is 11.0. The molecule has 0 aliphatic heterocycles. The molecule has 48 valence electrons. The predicted octanol–water partition coefficient (Wildman–Crippen LogP) is 1.26. The standard InChI is InChI=1S/C3H3Cl2FO2/c4-2(5)3(7)8-1-6/h2H,1H2. The first-order valence-electron chi connectivity index (χ1n) is 1.69. The van der Waals surface area contributed by atoms with Crippen molar-refractivity contribution in [3.63, 3.8) is 0 Å². The second kappa shape index (κ2) is 3.92. The van der Waals surface area contributed by atoms with Crippen LogP contribution in [0, 0.1) is 0 Å². The van der Waals surface area contributed by atoms with Gasteiger partial charge in [-0.1, -0.05) is 23.2 Å². The molecule has 5 heteroatoms. The maximum Gasteiger partial charge on any atom is 0.341 e. The lowest BCUT2D eigenvalue weighted by Gasteiger charge is -1.96. The van der Waals surface area contributed by atoms with Crippen molar-refractivity contribution >= 4 is 29.2 Å². The van der Waals surface area contributed by atoms with Crippen LogP contribution in [0.15, 0.2) is 0 Å². The molecule has 0 saturated heterocycles. The molecular formula is C3H3Cl2FO2. The van der Waals surface area contributed by atoms with Gasteiger partial charge in [0.15, 0.2) is 0 Å². The fraction of sp³-hybridized carbons (Fsp3) is 0.667. The van der Waals surface area contributed by atoms with Crippen LogP contribution in [0.2, 0.25) is 0 Å². The molecule has 0 aliphatic rings. The number of esters is 1. The largest absolute Gasteiger partial charge is 0.432 e. The fourth-order valence-corrected chi connectivity index (χ4v) is 0.243. The minimum absolute atomic E-state index is 0.962. The summed E-state index contributed by atoms with van der Waals surface area (Å²) in [5.74, 6) is -0.962. The number of alkyl halides is 3. The third kappa shape index (κ3) is 3.04. The Labute approximate surface area is 55.5 Å². The summed E-state index contributed by atoms with van der Waals surface area (Å²) in [5, 5.41) is 0. The summed E-state index contributed by atoms with van der Waals surface area (Å²) in [4.78, 5) is 8.73. The van der Waals surface area contributed by atoms with E-state index in [4.69, 9.17) is 23.2 Å². The van der Waals surface area contributed by atoms with Crippen molar-refractivity contribution in [2.24, 2.45) is 0 Å². The topological polar surface area (TPSA) is 26.3 Å². The number of carbonyl (C=O) groups is 1. The van der Waals surface area contributed by atoms with Crippen molar-refractivity contribution in [1.82, 2.24) is 0 Å². The molecule has 0 aliphatic carbocycles. The second-order valence-electron chi connectivity index (χ2n) is 0.873. The van der Waals surface area contributed by atoms with E-state index in [0.717, 1.165) is 0 Å². The lowest BCUT2D eigenvalue weighted by Crippen LogP contribution is -2.10. The Morgan fingerprint density at radius 1 is 1.75 bits per heavy atom. The van der Waals surface area contributed by atoms with E-state index in [2.05, 4.69) is 4.74 Å². The molecule has 8 heavy (non-hydrogen) atoms. The third-order valence-electron chi connectivity index (χ3n) is 0.375. The van der Waals surface area contributed by atoms with E-state index in [-0.39, 0.29) is 0 Å². The van der Waals surface area contributed by atoms with Crippen LogP contribution in [-0.2, 0) is 9.53 Å². The molecule has 0 aromatic rings. The highest BCUT2D eigenvalue weighted by Gasteiger charge is 2.11. The van der Waals surface area contributed by atoms with Crippen LogP contribution < -0.4 is 0 Å². The first kappa shape index (κ1) is 7.98. The van der Waals surface area contributed by atoms with E-state index in [0.29, 0.717) is 0 Å². The molecule has 0 saturated carbocycles. The van der Waals surface area contributed by atoms with Gasteiger partial charge in [0.05, 0.1) is 0 Å². The number of ether oxygens (including phenoxy) is 1. The highest BCUT2D eigenvalue weighted by molar-refractivity contribution is 6.52. The molecule has 0 rings (SSSR count). The van der Waals surface area contributed by atoms with Crippen molar-refractivity contribution in [3.05, 3.63) is 0 Å². The van der Waals surface area contributed by atoms with Crippen LogP contribution in [0.5, 0.6) is 0 Å². The molecule has 0 fully saturated rings. The van der Waals surface area contributed by atoms with Crippen molar-refractivity contribution in [2.75, 3.05) is 6.86 Å². The summed E-state index contributed by atoms with van der Waals surface area (Å²) < 4.78 is 14.8. The van der Waals surface area contributed by atoms with Gasteiger partial charge in [0, 0.05) is 0 Å². The summed E-state index contributed by atoms with van der Waals surface area (Å²) in [7, 11) is 0. The summed E-state index contributed by atoms with van der Waals surface area (Å²) in [6.45, 7) is -1.19. The molecule has 0 heterocycles. The van der Waals surface area contributed by atoms with Crippen LogP contribution in [0.25, 0.3) is 0 Å². The van der Waals surface area contributed by atoms with Gasteiger partial charge in [-0.3, -0.25) is 0 Å². The van der Waals surface area contributed by atoms with E-state index in [1.54, 1.807) is 0 Å². The molecule has 0 bridgehead atoms. The van der Waals surface area contributed by atoms with Gasteiger partial charge in [-0.2, -0.15) is 0 Å². The zero-order valence-corrected chi connectivity index (χ0v) is 5.25. The van der Waals surface area contributed by atoms with Crippen LogP contribution in [0.4, 0.5) is 4.39 Å². The summed E-state index contributed by atoms with van der Waals surface area (Å²) in [6, 6.07) is 0. The van der Waals surface area contributed by atoms with Gasteiger partial charge in [0.1, 0.15) is 0 Å². The average molecular weight is 161 g/mol. The number of carbonyl (C=O) groups excluding carboxylic acids is 1. The lowest BCUT2D eigenvalue weighted by atomic mass is 10.8. The van der Waals surface area contributed by atoms with Crippen LogP contribution in [0.1, 0.15) is 0 Å². The second-order valence-corrected chi connectivity index (χ2v) is 1.97. The minimum atomic E-state index is -1.29. The Balaban J connectivity index is 3.33. The molecule has 0 atom stereocenters. The molecule has 0 aromatic carbocycles. The van der Waals surface area contributed by atoms with Crippen molar-refractivity contribution in [3.8, 4) is 0 Å². The van der Waals surface area contributed by atoms with Gasteiger partial charge in [-0.05, 0) is 0 Å². The van der Waals surface area contributed by atoms with Crippen LogP contribution in [-0.4, -0.2) is 17.7 Å². The molecule has 2 nitrogen and oxygen atoms in total. The quantitative estimate of drug-likeness (QED) is 0.450. The summed E-state index contributed by atoms with van der Waals surface area (Å²) in [6.07, 6.45) is 0. The van der Waals surface area contributed by atoms with Gasteiger partial charge < -0.3 is 4.74 Å². The smallest absolute Gasteiger partial charge is 0.341 e. The summed E-state index contributed by atoms with van der Waals surface area (Å²) in [5.41, 5.74) is 0. The maximum absolute atomic E-state index is 11.0. The van der Waals surface area contributed by atoms with E-state index >= 15 is 0 Å². The molecule has 0 radical (unpaired) electrons. The van der Waals surface area contributed by atoms with Gasteiger partial charge in [-0.15, -0.1) is 0 Å². The van der Waals surface area contributed by atoms with Crippen molar-refractivity contribution in [1.29, 1.82) is 0 Å². The monoisotopic (exact) mass is 160 g/mol. The minimum Gasteiger partial charge on any atom is -0.432 e. The normalized spacial score (nSPS) is 9.50. The van der Waals surface area contributed by atoms with Gasteiger partial charge >= 0.3 is 5.97 Å². The van der Waals surface area contributed by atoms with Crippen molar-refractivity contribution < 1.29 is 13.9 Å². The Morgan fingerprint density at radius 2 is 2.25 bits per heavy atom. The van der Waals surface area contributed by atoms with E-state index in [1.807, 2.05) is 0 Å². The van der Waals surface area contributed by atoms with Crippen molar-refractivity contribution in [2.45, 2.75) is 4.84 Å². The highest BCUT2D eigenvalue weighted by atomic mass is 35.5. The Hall–Kier alpha value is -0.0200. The van der Waals surface area contributed by atoms with Crippen LogP contribution in [0.3, 0.4) is 0 Å². The summed E-state index contributed by atoms with van der Waals surface area (Å²) >= 11 is 9.86. The Morgan fingerprint density at radius 3 is 2.38 bits per heavy atom. The zero-order valence-electron chi connectivity index (χ0n) is 3.73. The van der Waals surface area contributed by atoms with E-state index in [9.17, 15) is 9.18 Å². The fourth-order valence-electron chi connectivity index (χ4n) is 0.117. The number of halogens is 3. The molecule has 0 N–H and O–H groups in total. The molecule has 0 aromatic heterocycles. The first-order valence-corrected chi connectivity index (χ1v) is 2.56. The number of hydrogen-bond donors (Lipinski definition) is 0. The van der Waals surface area contributed by atoms with Gasteiger partial charge in [0.25, 0.3) is 0 Å². The van der Waals surface area contributed by atoms with E-state index in [1.165, 1.54) is 0 Å². The highest BCUT2D eigenvalue weighted by Crippen LogP contribution is 2.02. The van der Waals surface area contributed by atoms with Gasteiger partial charge in [0.2, 0.25) is 11.7 Å². The molecule has 0 unspecified atom stereocenters. The predicted molar refractivity (Wildman–Crippen MR) is 27.6 cm³/mol. The average Bonchev–Trinajstić information content (AvgIpc) is 1.67. The number of rotatable bonds is 2. The Kier molecular flexibility index (Phi) is 3.91. The molecular weight excluding hydrogens is 158 g/mol. The zero-order chi connectivity index (χ0) is 6.57. The third-order valence-corrected chi connectivity index (χ3v) is 0.731. The SMILES string of the molecule is O=C(OCF)C(Cl)Cl. The molecule has 0 spiro atoms. The van der Waals surface area contributed by atoms with E-state index < -0.39 is 17.7 Å². The number of hydrogen-bond acceptors (Lipinski definition) is 2. The Bertz CT molecular complexity index is 85.4. The first-order chi connectivity index (χ1) is 3.68. The van der Waals surface area contributed by atoms with Gasteiger partial charge in [-0.25, -0.2) is 9.18 Å². The molecule has 0 amide bonds. The lowest BCUT2D eigenvalue weighted by molar-refractivity contribution is -0.145. The van der Waals surface area contributed by atoms with Crippen LogP contribution >= 0.6 is 23.2 Å².